The predicted octanol–water partition coefficient (Wildman–Crippen LogP) is 3.84. The standard InChI is InChI=1S/C15H18N2S/c1-10-15(18-9-17-10)12-6-7-13-11(8-12)4-2-3-5-14(13)16/h6-9,14H,2-5,16H2,1H3/t14-/m0/s1. The maximum Gasteiger partial charge on any atom is 0.0801 e. The number of thiazole rings is 1. The van der Waals surface area contributed by atoms with E-state index in [1.54, 1.807) is 11.3 Å². The van der Waals surface area contributed by atoms with Crippen LogP contribution in [0.5, 0.6) is 0 Å². The molecule has 2 nitrogen and oxygen atoms in total. The second-order valence-corrected chi connectivity index (χ2v) is 5.89. The topological polar surface area (TPSA) is 38.9 Å². The third-order valence-corrected chi connectivity index (χ3v) is 4.74. The quantitative estimate of drug-likeness (QED) is 0.789. The van der Waals surface area contributed by atoms with Crippen LogP contribution in [0.15, 0.2) is 23.7 Å². The maximum absolute atomic E-state index is 6.24. The van der Waals surface area contributed by atoms with Crippen molar-refractivity contribution in [1.82, 2.24) is 4.98 Å². The van der Waals surface area contributed by atoms with Crippen molar-refractivity contribution in [3.8, 4) is 10.4 Å². The van der Waals surface area contributed by atoms with Crippen LogP contribution in [0.3, 0.4) is 0 Å². The Bertz CT molecular complexity index is 559. The molecule has 0 aliphatic heterocycles. The van der Waals surface area contributed by atoms with Gasteiger partial charge in [-0.25, -0.2) is 4.98 Å². The number of fused-ring (bicyclic) bond motifs is 1. The molecule has 0 unspecified atom stereocenters. The lowest BCUT2D eigenvalue weighted by Gasteiger charge is -2.13. The Hall–Kier alpha value is -1.19. The molecule has 0 spiro atoms. The van der Waals surface area contributed by atoms with E-state index in [1.165, 1.54) is 34.4 Å². The molecule has 0 saturated carbocycles. The molecule has 0 amide bonds. The first kappa shape index (κ1) is 11.9. The van der Waals surface area contributed by atoms with Crippen molar-refractivity contribution in [2.24, 2.45) is 5.73 Å². The van der Waals surface area contributed by atoms with Crippen molar-refractivity contribution in [1.29, 1.82) is 0 Å². The first-order valence-corrected chi connectivity index (χ1v) is 7.42. The number of rotatable bonds is 1. The smallest absolute Gasteiger partial charge is 0.0801 e. The Morgan fingerprint density at radius 2 is 2.22 bits per heavy atom. The minimum absolute atomic E-state index is 0.221. The van der Waals surface area contributed by atoms with Gasteiger partial charge in [0.2, 0.25) is 0 Å². The van der Waals surface area contributed by atoms with Crippen LogP contribution in [0, 0.1) is 6.92 Å². The molecule has 1 heterocycles. The fourth-order valence-corrected chi connectivity index (χ4v) is 3.54. The van der Waals surface area contributed by atoms with Crippen molar-refractivity contribution in [3.63, 3.8) is 0 Å². The summed E-state index contributed by atoms with van der Waals surface area (Å²) < 4.78 is 0. The minimum Gasteiger partial charge on any atom is -0.324 e. The summed E-state index contributed by atoms with van der Waals surface area (Å²) in [6, 6.07) is 6.96. The van der Waals surface area contributed by atoms with Crippen molar-refractivity contribution >= 4 is 11.3 Å². The number of hydrogen-bond acceptors (Lipinski definition) is 3. The molecule has 2 aromatic rings. The Morgan fingerprint density at radius 1 is 1.33 bits per heavy atom. The average molecular weight is 258 g/mol. The second kappa shape index (κ2) is 4.82. The average Bonchev–Trinajstić information content (AvgIpc) is 2.71. The Labute approximate surface area is 112 Å². The molecule has 1 aliphatic carbocycles. The van der Waals surface area contributed by atoms with E-state index in [1.807, 2.05) is 5.51 Å². The summed E-state index contributed by atoms with van der Waals surface area (Å²) in [4.78, 5) is 5.62. The summed E-state index contributed by atoms with van der Waals surface area (Å²) in [6.07, 6.45) is 4.78. The van der Waals surface area contributed by atoms with E-state index in [-0.39, 0.29) is 6.04 Å². The molecule has 2 N–H and O–H groups in total. The lowest BCUT2D eigenvalue weighted by Crippen LogP contribution is -2.10. The van der Waals surface area contributed by atoms with Crippen LogP contribution in [0.2, 0.25) is 0 Å². The van der Waals surface area contributed by atoms with Gasteiger partial charge in [0, 0.05) is 6.04 Å². The molecule has 0 radical (unpaired) electrons. The van der Waals surface area contributed by atoms with Gasteiger partial charge >= 0.3 is 0 Å². The Kier molecular flexibility index (Phi) is 3.18. The van der Waals surface area contributed by atoms with Gasteiger partial charge in [-0.05, 0) is 48.9 Å². The van der Waals surface area contributed by atoms with Crippen molar-refractivity contribution < 1.29 is 0 Å². The van der Waals surface area contributed by atoms with Crippen LogP contribution in [-0.2, 0) is 6.42 Å². The Morgan fingerprint density at radius 3 is 3.00 bits per heavy atom. The van der Waals surface area contributed by atoms with E-state index in [0.29, 0.717) is 0 Å². The van der Waals surface area contributed by atoms with E-state index >= 15 is 0 Å². The highest BCUT2D eigenvalue weighted by molar-refractivity contribution is 7.13. The number of aromatic nitrogens is 1. The van der Waals surface area contributed by atoms with Crippen LogP contribution in [0.25, 0.3) is 10.4 Å². The third kappa shape index (κ3) is 2.08. The number of benzene rings is 1. The maximum atomic E-state index is 6.24. The molecular formula is C15H18N2S. The normalized spacial score (nSPS) is 19.3. The van der Waals surface area contributed by atoms with E-state index < -0.39 is 0 Å². The van der Waals surface area contributed by atoms with Gasteiger partial charge in [-0.3, -0.25) is 0 Å². The van der Waals surface area contributed by atoms with Crippen LogP contribution >= 0.6 is 11.3 Å². The molecule has 0 fully saturated rings. The van der Waals surface area contributed by atoms with E-state index in [9.17, 15) is 0 Å². The number of nitrogens with two attached hydrogens (primary N) is 1. The molecule has 3 heteroatoms. The summed E-state index contributed by atoms with van der Waals surface area (Å²) >= 11 is 1.72. The van der Waals surface area contributed by atoms with E-state index in [4.69, 9.17) is 5.73 Å². The summed E-state index contributed by atoms with van der Waals surface area (Å²) in [5.74, 6) is 0. The monoisotopic (exact) mass is 258 g/mol. The van der Waals surface area contributed by atoms with Crippen LogP contribution in [0.4, 0.5) is 0 Å². The lowest BCUT2D eigenvalue weighted by molar-refractivity contribution is 0.615. The van der Waals surface area contributed by atoms with Crippen molar-refractivity contribution in [3.05, 3.63) is 40.5 Å². The van der Waals surface area contributed by atoms with Gasteiger partial charge in [-0.1, -0.05) is 18.6 Å². The molecule has 94 valence electrons. The highest BCUT2D eigenvalue weighted by Gasteiger charge is 2.16. The van der Waals surface area contributed by atoms with Gasteiger partial charge in [-0.15, -0.1) is 11.3 Å². The molecule has 0 saturated heterocycles. The van der Waals surface area contributed by atoms with Gasteiger partial charge in [0.1, 0.15) is 0 Å². The second-order valence-electron chi connectivity index (χ2n) is 5.03. The zero-order valence-corrected chi connectivity index (χ0v) is 11.5. The van der Waals surface area contributed by atoms with Crippen LogP contribution in [-0.4, -0.2) is 4.98 Å². The van der Waals surface area contributed by atoms with Gasteiger partial charge in [0.05, 0.1) is 16.1 Å². The molecule has 0 bridgehead atoms. The largest absolute Gasteiger partial charge is 0.324 e. The predicted molar refractivity (Wildman–Crippen MR) is 76.8 cm³/mol. The fourth-order valence-electron chi connectivity index (χ4n) is 2.74. The first-order chi connectivity index (χ1) is 8.75. The summed E-state index contributed by atoms with van der Waals surface area (Å²) in [6.45, 7) is 2.07. The zero-order chi connectivity index (χ0) is 12.5. The number of nitrogens with zero attached hydrogens (tertiary/aromatic N) is 1. The highest BCUT2D eigenvalue weighted by Crippen LogP contribution is 2.33. The zero-order valence-electron chi connectivity index (χ0n) is 10.6. The Balaban J connectivity index is 2.05. The molecule has 3 rings (SSSR count). The summed E-state index contributed by atoms with van der Waals surface area (Å²) in [5.41, 5.74) is 13.4. The first-order valence-electron chi connectivity index (χ1n) is 6.54. The van der Waals surface area contributed by atoms with Gasteiger partial charge in [0.15, 0.2) is 0 Å². The van der Waals surface area contributed by atoms with Gasteiger partial charge < -0.3 is 5.73 Å². The highest BCUT2D eigenvalue weighted by atomic mass is 32.1. The third-order valence-electron chi connectivity index (χ3n) is 3.76. The van der Waals surface area contributed by atoms with Gasteiger partial charge in [-0.2, -0.15) is 0 Å². The van der Waals surface area contributed by atoms with Crippen LogP contribution in [0.1, 0.15) is 42.1 Å². The van der Waals surface area contributed by atoms with Crippen molar-refractivity contribution in [2.45, 2.75) is 38.6 Å². The van der Waals surface area contributed by atoms with E-state index in [2.05, 4.69) is 30.1 Å². The number of aryl methyl sites for hydroxylation is 2. The van der Waals surface area contributed by atoms with Crippen molar-refractivity contribution in [2.75, 3.05) is 0 Å². The molecule has 1 aromatic heterocycles. The number of hydrogen-bond donors (Lipinski definition) is 1. The molecular weight excluding hydrogens is 240 g/mol. The molecule has 1 atom stereocenters. The lowest BCUT2D eigenvalue weighted by atomic mass is 9.96. The SMILES string of the molecule is Cc1ncsc1-c1ccc2c(c1)CCCC[C@@H]2N. The van der Waals surface area contributed by atoms with E-state index in [0.717, 1.165) is 18.5 Å². The van der Waals surface area contributed by atoms with Crippen LogP contribution < -0.4 is 5.73 Å². The minimum atomic E-state index is 0.221. The fraction of sp³-hybridized carbons (Fsp3) is 0.400. The molecule has 18 heavy (non-hydrogen) atoms. The molecule has 1 aromatic carbocycles. The van der Waals surface area contributed by atoms with Gasteiger partial charge in [0.25, 0.3) is 0 Å². The summed E-state index contributed by atoms with van der Waals surface area (Å²) in [7, 11) is 0. The summed E-state index contributed by atoms with van der Waals surface area (Å²) in [5, 5.41) is 0. The molecule has 1 aliphatic rings.